The number of benzene rings is 1. The van der Waals surface area contributed by atoms with Crippen LogP contribution in [0, 0.1) is 12.7 Å². The highest BCUT2D eigenvalue weighted by atomic mass is 19.1. The molecule has 1 heterocycles. The van der Waals surface area contributed by atoms with Crippen molar-refractivity contribution >= 4 is 0 Å². The van der Waals surface area contributed by atoms with Crippen molar-refractivity contribution in [3.8, 4) is 5.75 Å². The van der Waals surface area contributed by atoms with Crippen LogP contribution in [0.4, 0.5) is 4.39 Å². The molecule has 1 unspecified atom stereocenters. The Morgan fingerprint density at radius 1 is 1.62 bits per heavy atom. The normalized spacial score (nSPS) is 20.0. The van der Waals surface area contributed by atoms with E-state index in [0.717, 1.165) is 12.2 Å². The lowest BCUT2D eigenvalue weighted by Gasteiger charge is -2.07. The fourth-order valence-electron chi connectivity index (χ4n) is 1.14. The molecule has 3 heteroatoms. The first-order valence-electron chi connectivity index (χ1n) is 4.27. The summed E-state index contributed by atoms with van der Waals surface area (Å²) in [5.74, 6) is 0.0404. The van der Waals surface area contributed by atoms with Gasteiger partial charge in [-0.3, -0.25) is 0 Å². The minimum absolute atomic E-state index is 0.166. The molecular formula is C10H11FO2. The van der Waals surface area contributed by atoms with E-state index in [0.29, 0.717) is 12.4 Å². The second kappa shape index (κ2) is 3.34. The van der Waals surface area contributed by atoms with Crippen LogP contribution in [0.25, 0.3) is 0 Å². The van der Waals surface area contributed by atoms with E-state index in [-0.39, 0.29) is 11.9 Å². The number of hydrogen-bond acceptors (Lipinski definition) is 2. The Morgan fingerprint density at radius 2 is 2.38 bits per heavy atom. The summed E-state index contributed by atoms with van der Waals surface area (Å²) in [4.78, 5) is 0. The van der Waals surface area contributed by atoms with E-state index in [9.17, 15) is 4.39 Å². The molecule has 0 amide bonds. The average Bonchev–Trinajstić information content (AvgIpc) is 2.87. The molecule has 1 saturated heterocycles. The maximum Gasteiger partial charge on any atom is 0.165 e. The van der Waals surface area contributed by atoms with Crippen molar-refractivity contribution in [2.24, 2.45) is 0 Å². The molecule has 0 N–H and O–H groups in total. The van der Waals surface area contributed by atoms with Gasteiger partial charge in [-0.1, -0.05) is 12.1 Å². The lowest BCUT2D eigenvalue weighted by Crippen LogP contribution is -2.06. The van der Waals surface area contributed by atoms with Gasteiger partial charge in [0.25, 0.3) is 0 Å². The number of epoxide rings is 1. The third kappa shape index (κ3) is 1.98. The second-order valence-corrected chi connectivity index (χ2v) is 3.15. The fraction of sp³-hybridized carbons (Fsp3) is 0.400. The standard InChI is InChI=1S/C10H11FO2/c1-7-3-2-4-9(11)10(7)13-6-8-5-12-8/h2-4,8H,5-6H2,1H3. The van der Waals surface area contributed by atoms with Gasteiger partial charge in [0.1, 0.15) is 12.7 Å². The van der Waals surface area contributed by atoms with E-state index in [1.165, 1.54) is 6.07 Å². The van der Waals surface area contributed by atoms with Crippen molar-refractivity contribution in [3.63, 3.8) is 0 Å². The third-order valence-corrected chi connectivity index (χ3v) is 1.98. The third-order valence-electron chi connectivity index (χ3n) is 1.98. The van der Waals surface area contributed by atoms with Gasteiger partial charge < -0.3 is 9.47 Å². The highest BCUT2D eigenvalue weighted by Crippen LogP contribution is 2.22. The van der Waals surface area contributed by atoms with Gasteiger partial charge in [0, 0.05) is 0 Å². The molecule has 1 aliphatic heterocycles. The van der Waals surface area contributed by atoms with E-state index in [1.54, 1.807) is 6.07 Å². The molecule has 0 saturated carbocycles. The maximum atomic E-state index is 13.2. The molecule has 1 aromatic rings. The van der Waals surface area contributed by atoms with Gasteiger partial charge in [0.15, 0.2) is 11.6 Å². The zero-order valence-electron chi connectivity index (χ0n) is 7.42. The Morgan fingerprint density at radius 3 is 3.00 bits per heavy atom. The highest BCUT2D eigenvalue weighted by Gasteiger charge is 2.23. The minimum atomic E-state index is -0.305. The number of ether oxygens (including phenoxy) is 2. The van der Waals surface area contributed by atoms with Crippen molar-refractivity contribution in [3.05, 3.63) is 29.6 Å². The van der Waals surface area contributed by atoms with E-state index in [4.69, 9.17) is 9.47 Å². The highest BCUT2D eigenvalue weighted by molar-refractivity contribution is 5.33. The summed E-state index contributed by atoms with van der Waals surface area (Å²) in [6.45, 7) is 3.00. The van der Waals surface area contributed by atoms with Gasteiger partial charge >= 0.3 is 0 Å². The largest absolute Gasteiger partial charge is 0.487 e. The van der Waals surface area contributed by atoms with Crippen molar-refractivity contribution < 1.29 is 13.9 Å². The van der Waals surface area contributed by atoms with Gasteiger partial charge in [0.2, 0.25) is 0 Å². The molecule has 1 fully saturated rings. The number of aryl methyl sites for hydroxylation is 1. The maximum absolute atomic E-state index is 13.2. The molecule has 1 aliphatic rings. The van der Waals surface area contributed by atoms with Crippen LogP contribution in [0.5, 0.6) is 5.75 Å². The Labute approximate surface area is 76.3 Å². The summed E-state index contributed by atoms with van der Waals surface area (Å²) in [5.41, 5.74) is 0.820. The van der Waals surface area contributed by atoms with Crippen molar-refractivity contribution in [1.29, 1.82) is 0 Å². The Bertz CT molecular complexity index is 288. The molecular weight excluding hydrogens is 171 g/mol. The number of rotatable bonds is 3. The first kappa shape index (κ1) is 8.51. The molecule has 1 aromatic carbocycles. The Balaban J connectivity index is 2.07. The topological polar surface area (TPSA) is 21.8 Å². The van der Waals surface area contributed by atoms with Crippen LogP contribution in [0.3, 0.4) is 0 Å². The predicted molar refractivity (Wildman–Crippen MR) is 46.4 cm³/mol. The van der Waals surface area contributed by atoms with Crippen molar-refractivity contribution in [2.75, 3.05) is 13.2 Å². The molecule has 0 spiro atoms. The predicted octanol–water partition coefficient (Wildman–Crippen LogP) is 1.91. The van der Waals surface area contributed by atoms with E-state index < -0.39 is 0 Å². The van der Waals surface area contributed by atoms with Crippen LogP contribution in [0.15, 0.2) is 18.2 Å². The van der Waals surface area contributed by atoms with Crippen molar-refractivity contribution in [1.82, 2.24) is 0 Å². The molecule has 2 nitrogen and oxygen atoms in total. The van der Waals surface area contributed by atoms with Gasteiger partial charge in [-0.15, -0.1) is 0 Å². The summed E-state index contributed by atoms with van der Waals surface area (Å²) in [6.07, 6.45) is 0.166. The SMILES string of the molecule is Cc1cccc(F)c1OCC1CO1. The fourth-order valence-corrected chi connectivity index (χ4v) is 1.14. The molecule has 1 atom stereocenters. The molecule has 0 aliphatic carbocycles. The van der Waals surface area contributed by atoms with Gasteiger partial charge in [0.05, 0.1) is 6.61 Å². The number of para-hydroxylation sites is 1. The van der Waals surface area contributed by atoms with E-state index >= 15 is 0 Å². The molecule has 13 heavy (non-hydrogen) atoms. The van der Waals surface area contributed by atoms with E-state index in [1.807, 2.05) is 13.0 Å². The van der Waals surface area contributed by atoms with E-state index in [2.05, 4.69) is 0 Å². The summed E-state index contributed by atoms with van der Waals surface area (Å²) in [7, 11) is 0. The Hall–Kier alpha value is -1.09. The summed E-state index contributed by atoms with van der Waals surface area (Å²) < 4.78 is 23.4. The molecule has 0 radical (unpaired) electrons. The van der Waals surface area contributed by atoms with Crippen molar-refractivity contribution in [2.45, 2.75) is 13.0 Å². The van der Waals surface area contributed by atoms with Crippen LogP contribution >= 0.6 is 0 Å². The van der Waals surface area contributed by atoms with Gasteiger partial charge in [-0.25, -0.2) is 4.39 Å². The molecule has 2 rings (SSSR count). The van der Waals surface area contributed by atoms with Crippen LogP contribution in [-0.2, 0) is 4.74 Å². The van der Waals surface area contributed by atoms with Crippen LogP contribution in [0.2, 0.25) is 0 Å². The minimum Gasteiger partial charge on any atom is -0.487 e. The summed E-state index contributed by atoms with van der Waals surface area (Å²) in [5, 5.41) is 0. The van der Waals surface area contributed by atoms with Gasteiger partial charge in [-0.05, 0) is 18.6 Å². The second-order valence-electron chi connectivity index (χ2n) is 3.15. The number of hydrogen-bond donors (Lipinski definition) is 0. The lowest BCUT2D eigenvalue weighted by molar-refractivity contribution is 0.252. The first-order valence-corrected chi connectivity index (χ1v) is 4.27. The zero-order chi connectivity index (χ0) is 9.26. The van der Waals surface area contributed by atoms with Crippen LogP contribution in [0.1, 0.15) is 5.56 Å². The number of halogens is 1. The quantitative estimate of drug-likeness (QED) is 0.666. The first-order chi connectivity index (χ1) is 6.27. The Kier molecular flexibility index (Phi) is 2.19. The monoisotopic (exact) mass is 182 g/mol. The summed E-state index contributed by atoms with van der Waals surface area (Å²) in [6, 6.07) is 4.90. The molecule has 0 bridgehead atoms. The molecule has 70 valence electrons. The van der Waals surface area contributed by atoms with Gasteiger partial charge in [-0.2, -0.15) is 0 Å². The van der Waals surface area contributed by atoms with Crippen LogP contribution in [-0.4, -0.2) is 19.3 Å². The summed E-state index contributed by atoms with van der Waals surface area (Å²) >= 11 is 0. The van der Waals surface area contributed by atoms with Crippen LogP contribution < -0.4 is 4.74 Å². The average molecular weight is 182 g/mol. The zero-order valence-corrected chi connectivity index (χ0v) is 7.42. The smallest absolute Gasteiger partial charge is 0.165 e. The molecule has 0 aromatic heterocycles. The lowest BCUT2D eigenvalue weighted by atomic mass is 10.2.